The van der Waals surface area contributed by atoms with Crippen molar-refractivity contribution in [3.8, 4) is 6.19 Å². The molecule has 2 aromatic rings. The third-order valence-corrected chi connectivity index (χ3v) is 5.28. The third kappa shape index (κ3) is 6.59. The first-order chi connectivity index (χ1) is 14.8. The first-order valence-corrected chi connectivity index (χ1v) is 10.5. The minimum atomic E-state index is 0.147. The fraction of sp³-hybridized carbons (Fsp3) is 0.391. The van der Waals surface area contributed by atoms with Gasteiger partial charge in [-0.2, -0.15) is 5.26 Å². The first-order valence-electron chi connectivity index (χ1n) is 10.5. The summed E-state index contributed by atoms with van der Waals surface area (Å²) in [5.74, 6) is 1.19. The summed E-state index contributed by atoms with van der Waals surface area (Å²) >= 11 is 0. The Kier molecular flexibility index (Phi) is 8.22. The standard InChI is InChI=1S/C23H28N6O/c24-18-27-23(28-21-10-14-25-15-11-21)26-13-6-2-3-7-19-12-16-29(17-19)22(30)20-8-4-1-5-9-20/h1,4-5,8-11,14-15,19H,2-3,6-7,12-13,16-17H2,(H2,25,26,27,28). The van der Waals surface area contributed by atoms with Crippen molar-refractivity contribution in [1.29, 1.82) is 5.26 Å². The molecule has 0 aliphatic carbocycles. The average Bonchev–Trinajstić information content (AvgIpc) is 3.26. The van der Waals surface area contributed by atoms with Crippen molar-refractivity contribution in [3.05, 3.63) is 60.4 Å². The molecular formula is C23H28N6O. The zero-order chi connectivity index (χ0) is 21.0. The fourth-order valence-electron chi connectivity index (χ4n) is 3.69. The lowest BCUT2D eigenvalue weighted by atomic mass is 10.0. The highest BCUT2D eigenvalue weighted by atomic mass is 16.2. The Balaban J connectivity index is 1.30. The number of amides is 1. The molecular weight excluding hydrogens is 376 g/mol. The number of nitrogens with one attached hydrogen (secondary N) is 2. The van der Waals surface area contributed by atoms with Crippen LogP contribution in [0.25, 0.3) is 0 Å². The number of unbranched alkanes of at least 4 members (excludes halogenated alkanes) is 2. The Morgan fingerprint density at radius 3 is 2.73 bits per heavy atom. The van der Waals surface area contributed by atoms with Gasteiger partial charge in [0.05, 0.1) is 0 Å². The predicted molar refractivity (Wildman–Crippen MR) is 118 cm³/mol. The summed E-state index contributed by atoms with van der Waals surface area (Å²) in [6, 6.07) is 13.2. The summed E-state index contributed by atoms with van der Waals surface area (Å²) in [5, 5.41) is 15.1. The molecule has 1 aliphatic heterocycles. The van der Waals surface area contributed by atoms with Crippen LogP contribution in [0.3, 0.4) is 0 Å². The second kappa shape index (κ2) is 11.6. The Hall–Kier alpha value is -3.40. The lowest BCUT2D eigenvalue weighted by Gasteiger charge is -2.16. The molecule has 1 aromatic carbocycles. The zero-order valence-electron chi connectivity index (χ0n) is 17.1. The van der Waals surface area contributed by atoms with Crippen molar-refractivity contribution < 1.29 is 4.79 Å². The molecule has 7 nitrogen and oxygen atoms in total. The second-order valence-corrected chi connectivity index (χ2v) is 7.47. The van der Waals surface area contributed by atoms with Crippen LogP contribution < -0.4 is 10.6 Å². The van der Waals surface area contributed by atoms with Crippen molar-refractivity contribution in [2.24, 2.45) is 10.9 Å². The van der Waals surface area contributed by atoms with Gasteiger partial charge in [0.25, 0.3) is 5.91 Å². The highest BCUT2D eigenvalue weighted by Gasteiger charge is 2.26. The van der Waals surface area contributed by atoms with E-state index in [0.717, 1.165) is 63.0 Å². The SMILES string of the molecule is N#CN=C(NCCCCCC1CCN(C(=O)c2ccccc2)C1)Nc1ccncc1. The topological polar surface area (TPSA) is 93.4 Å². The van der Waals surface area contributed by atoms with Gasteiger partial charge in [-0.1, -0.05) is 31.0 Å². The van der Waals surface area contributed by atoms with Gasteiger partial charge in [-0.25, -0.2) is 0 Å². The summed E-state index contributed by atoms with van der Waals surface area (Å²) in [7, 11) is 0. The van der Waals surface area contributed by atoms with E-state index in [2.05, 4.69) is 20.6 Å². The van der Waals surface area contributed by atoms with Crippen LogP contribution in [0, 0.1) is 17.4 Å². The molecule has 1 atom stereocenters. The maximum atomic E-state index is 12.5. The largest absolute Gasteiger partial charge is 0.355 e. The molecule has 0 saturated carbocycles. The van der Waals surface area contributed by atoms with Crippen LogP contribution in [0.4, 0.5) is 5.69 Å². The molecule has 1 saturated heterocycles. The first kappa shape index (κ1) is 21.3. The Bertz CT molecular complexity index is 862. The summed E-state index contributed by atoms with van der Waals surface area (Å²) in [5.41, 5.74) is 1.61. The molecule has 1 aromatic heterocycles. The number of guanidine groups is 1. The van der Waals surface area contributed by atoms with Crippen LogP contribution in [0.5, 0.6) is 0 Å². The summed E-state index contributed by atoms with van der Waals surface area (Å²) < 4.78 is 0. The monoisotopic (exact) mass is 404 g/mol. The summed E-state index contributed by atoms with van der Waals surface area (Å²) in [6.45, 7) is 2.47. The van der Waals surface area contributed by atoms with Crippen molar-refractivity contribution in [2.45, 2.75) is 32.1 Å². The smallest absolute Gasteiger partial charge is 0.253 e. The maximum absolute atomic E-state index is 12.5. The van der Waals surface area contributed by atoms with E-state index in [0.29, 0.717) is 11.9 Å². The van der Waals surface area contributed by atoms with Gasteiger partial charge in [-0.3, -0.25) is 9.78 Å². The number of hydrogen-bond donors (Lipinski definition) is 2. The van der Waals surface area contributed by atoms with Crippen LogP contribution in [0.15, 0.2) is 59.9 Å². The van der Waals surface area contributed by atoms with Gasteiger partial charge in [-0.15, -0.1) is 4.99 Å². The van der Waals surface area contributed by atoms with Gasteiger partial charge in [-0.05, 0) is 49.4 Å². The lowest BCUT2D eigenvalue weighted by molar-refractivity contribution is 0.0786. The number of pyridine rings is 1. The number of likely N-dealkylation sites (tertiary alicyclic amines) is 1. The predicted octanol–water partition coefficient (Wildman–Crippen LogP) is 3.64. The number of carbonyl (C=O) groups is 1. The molecule has 1 unspecified atom stereocenters. The number of hydrogen-bond acceptors (Lipinski definition) is 4. The molecule has 0 radical (unpaired) electrons. The third-order valence-electron chi connectivity index (χ3n) is 5.28. The number of nitrogens with zero attached hydrogens (tertiary/aromatic N) is 4. The number of benzene rings is 1. The molecule has 7 heteroatoms. The Labute approximate surface area is 177 Å². The molecule has 0 spiro atoms. The normalized spacial score (nSPS) is 16.2. The highest BCUT2D eigenvalue weighted by molar-refractivity contribution is 5.94. The van der Waals surface area contributed by atoms with E-state index in [1.165, 1.54) is 0 Å². The number of aliphatic imine (C=N–C) groups is 1. The van der Waals surface area contributed by atoms with Crippen LogP contribution in [-0.4, -0.2) is 41.4 Å². The quantitative estimate of drug-likeness (QED) is 0.303. The number of aromatic nitrogens is 1. The van der Waals surface area contributed by atoms with Gasteiger partial charge in [0.15, 0.2) is 0 Å². The Morgan fingerprint density at radius 1 is 1.17 bits per heavy atom. The van der Waals surface area contributed by atoms with Gasteiger partial charge in [0, 0.05) is 43.3 Å². The van der Waals surface area contributed by atoms with E-state index >= 15 is 0 Å². The highest BCUT2D eigenvalue weighted by Crippen LogP contribution is 2.23. The average molecular weight is 405 g/mol. The molecule has 1 amide bonds. The van der Waals surface area contributed by atoms with E-state index in [4.69, 9.17) is 5.26 Å². The van der Waals surface area contributed by atoms with Gasteiger partial charge < -0.3 is 15.5 Å². The molecule has 1 fully saturated rings. The molecule has 2 heterocycles. The van der Waals surface area contributed by atoms with E-state index in [9.17, 15) is 4.79 Å². The van der Waals surface area contributed by atoms with Gasteiger partial charge in [0.1, 0.15) is 0 Å². The van der Waals surface area contributed by atoms with Crippen LogP contribution in [0.1, 0.15) is 42.5 Å². The fourth-order valence-corrected chi connectivity index (χ4v) is 3.69. The number of rotatable bonds is 8. The van der Waals surface area contributed by atoms with Gasteiger partial charge >= 0.3 is 0 Å². The van der Waals surface area contributed by atoms with Crippen molar-refractivity contribution >= 4 is 17.6 Å². The Morgan fingerprint density at radius 2 is 1.97 bits per heavy atom. The molecule has 156 valence electrons. The number of carbonyl (C=O) groups excluding carboxylic acids is 1. The zero-order valence-corrected chi connectivity index (χ0v) is 17.1. The molecule has 30 heavy (non-hydrogen) atoms. The second-order valence-electron chi connectivity index (χ2n) is 7.47. The lowest BCUT2D eigenvalue weighted by Crippen LogP contribution is -2.31. The van der Waals surface area contributed by atoms with Crippen LogP contribution >= 0.6 is 0 Å². The van der Waals surface area contributed by atoms with Gasteiger partial charge in [0.2, 0.25) is 12.2 Å². The van der Waals surface area contributed by atoms with E-state index in [1.807, 2.05) is 53.6 Å². The maximum Gasteiger partial charge on any atom is 0.253 e. The molecule has 2 N–H and O–H groups in total. The number of nitriles is 1. The van der Waals surface area contributed by atoms with Crippen LogP contribution in [-0.2, 0) is 0 Å². The van der Waals surface area contributed by atoms with E-state index in [-0.39, 0.29) is 5.91 Å². The van der Waals surface area contributed by atoms with E-state index < -0.39 is 0 Å². The minimum Gasteiger partial charge on any atom is -0.355 e. The van der Waals surface area contributed by atoms with E-state index in [1.54, 1.807) is 12.4 Å². The van der Waals surface area contributed by atoms with Crippen molar-refractivity contribution in [3.63, 3.8) is 0 Å². The minimum absolute atomic E-state index is 0.147. The molecule has 0 bridgehead atoms. The molecule has 3 rings (SSSR count). The van der Waals surface area contributed by atoms with Crippen molar-refractivity contribution in [2.75, 3.05) is 25.0 Å². The van der Waals surface area contributed by atoms with Crippen molar-refractivity contribution in [1.82, 2.24) is 15.2 Å². The number of anilines is 1. The van der Waals surface area contributed by atoms with Crippen LogP contribution in [0.2, 0.25) is 0 Å². The summed E-state index contributed by atoms with van der Waals surface area (Å²) in [4.78, 5) is 22.3. The summed E-state index contributed by atoms with van der Waals surface area (Å²) in [6.07, 6.45) is 10.7. The molecule has 1 aliphatic rings.